The van der Waals surface area contributed by atoms with E-state index in [1.54, 1.807) is 42.5 Å². The molecule has 2 amide bonds. The summed E-state index contributed by atoms with van der Waals surface area (Å²) >= 11 is 19.2. The van der Waals surface area contributed by atoms with Gasteiger partial charge in [-0.1, -0.05) is 40.9 Å². The summed E-state index contributed by atoms with van der Waals surface area (Å²) in [6, 6.07) is 11.7. The fraction of sp³-hybridized carbons (Fsp3) is 0. The maximum atomic E-state index is 12.0. The molecule has 0 saturated heterocycles. The van der Waals surface area contributed by atoms with E-state index in [0.29, 0.717) is 31.6 Å². The van der Waals surface area contributed by atoms with Gasteiger partial charge < -0.3 is 5.32 Å². The highest BCUT2D eigenvalue weighted by Gasteiger charge is 2.11. The summed E-state index contributed by atoms with van der Waals surface area (Å²) in [7, 11) is 0. The zero-order valence-corrected chi connectivity index (χ0v) is 15.1. The van der Waals surface area contributed by atoms with Crippen LogP contribution in [-0.2, 0) is 0 Å². The van der Waals surface area contributed by atoms with Crippen LogP contribution in [0, 0.1) is 0 Å². The molecule has 1 aromatic heterocycles. The zero-order valence-electron chi connectivity index (χ0n) is 12.0. The number of amides is 2. The Kier molecular flexibility index (Phi) is 5.26. The van der Waals surface area contributed by atoms with Gasteiger partial charge in [0.1, 0.15) is 0 Å². The number of carbonyl (C=O) groups is 1. The van der Waals surface area contributed by atoms with Crippen LogP contribution < -0.4 is 10.6 Å². The molecule has 0 radical (unpaired) electrons. The monoisotopic (exact) mass is 397 g/mol. The van der Waals surface area contributed by atoms with Crippen LogP contribution in [-0.4, -0.2) is 11.0 Å². The van der Waals surface area contributed by atoms with Crippen molar-refractivity contribution in [2.45, 2.75) is 0 Å². The molecule has 0 bridgehead atoms. The van der Waals surface area contributed by atoms with E-state index in [0.717, 1.165) is 5.56 Å². The molecule has 0 aliphatic carbocycles. The van der Waals surface area contributed by atoms with Crippen LogP contribution in [0.4, 0.5) is 15.6 Å². The molecule has 24 heavy (non-hydrogen) atoms. The Bertz CT molecular complexity index is 898. The first kappa shape index (κ1) is 17.0. The number of hydrogen-bond acceptors (Lipinski definition) is 3. The average Bonchev–Trinajstić information content (AvgIpc) is 2.95. The van der Waals surface area contributed by atoms with E-state index in [2.05, 4.69) is 15.6 Å². The summed E-state index contributed by atoms with van der Waals surface area (Å²) in [5.74, 6) is 0. The lowest BCUT2D eigenvalue weighted by atomic mass is 10.2. The molecule has 1 heterocycles. The van der Waals surface area contributed by atoms with Crippen molar-refractivity contribution in [2.75, 3.05) is 10.6 Å². The molecule has 8 heteroatoms. The molecule has 122 valence electrons. The average molecular weight is 399 g/mol. The number of benzene rings is 2. The van der Waals surface area contributed by atoms with E-state index >= 15 is 0 Å². The SMILES string of the molecule is O=C(Nc1cccc(Cl)c1)Nc1nc(-c2ccc(Cl)cc2Cl)cs1. The summed E-state index contributed by atoms with van der Waals surface area (Å²) in [5.41, 5.74) is 2.01. The van der Waals surface area contributed by atoms with Crippen molar-refractivity contribution in [2.24, 2.45) is 0 Å². The second kappa shape index (κ2) is 7.40. The first-order chi connectivity index (χ1) is 11.5. The molecule has 0 saturated carbocycles. The summed E-state index contributed by atoms with van der Waals surface area (Å²) in [6.45, 7) is 0. The van der Waals surface area contributed by atoms with Crippen molar-refractivity contribution >= 4 is 63.0 Å². The molecule has 4 nitrogen and oxygen atoms in total. The number of anilines is 2. The minimum absolute atomic E-state index is 0.402. The van der Waals surface area contributed by atoms with Crippen molar-refractivity contribution in [1.29, 1.82) is 0 Å². The van der Waals surface area contributed by atoms with E-state index < -0.39 is 6.03 Å². The molecule has 0 fully saturated rings. The minimum Gasteiger partial charge on any atom is -0.308 e. The van der Waals surface area contributed by atoms with Gasteiger partial charge in [0.2, 0.25) is 0 Å². The van der Waals surface area contributed by atoms with Crippen LogP contribution in [0.3, 0.4) is 0 Å². The molecule has 2 N–H and O–H groups in total. The molecule has 3 rings (SSSR count). The van der Waals surface area contributed by atoms with Gasteiger partial charge in [-0.3, -0.25) is 5.32 Å². The largest absolute Gasteiger partial charge is 0.325 e. The lowest BCUT2D eigenvalue weighted by Crippen LogP contribution is -2.19. The highest BCUT2D eigenvalue weighted by molar-refractivity contribution is 7.14. The summed E-state index contributed by atoms with van der Waals surface area (Å²) in [5, 5.41) is 9.23. The van der Waals surface area contributed by atoms with Gasteiger partial charge in [0.15, 0.2) is 5.13 Å². The number of urea groups is 1. The van der Waals surface area contributed by atoms with Crippen molar-refractivity contribution < 1.29 is 4.79 Å². The molecule has 2 aromatic carbocycles. The maximum absolute atomic E-state index is 12.0. The molecule has 0 aliphatic rings. The molecule has 3 aromatic rings. The standard InChI is InChI=1S/C16H10Cl3N3OS/c17-9-2-1-3-11(6-9)20-15(23)22-16-21-14(8-24-16)12-5-4-10(18)7-13(12)19/h1-8H,(H2,20,21,22,23). The molecular weight excluding hydrogens is 389 g/mol. The smallest absolute Gasteiger partial charge is 0.308 e. The number of aromatic nitrogens is 1. The number of halogens is 3. The lowest BCUT2D eigenvalue weighted by Gasteiger charge is -2.05. The number of hydrogen-bond donors (Lipinski definition) is 2. The van der Waals surface area contributed by atoms with Crippen molar-refractivity contribution in [3.8, 4) is 11.3 Å². The second-order valence-corrected chi connectivity index (χ2v) is 6.89. The number of thiazole rings is 1. The Balaban J connectivity index is 1.70. The Morgan fingerprint density at radius 1 is 1.00 bits per heavy atom. The van der Waals surface area contributed by atoms with Crippen LogP contribution in [0.15, 0.2) is 47.8 Å². The van der Waals surface area contributed by atoms with Crippen LogP contribution >= 0.6 is 46.1 Å². The van der Waals surface area contributed by atoms with Crippen molar-refractivity contribution in [3.05, 3.63) is 62.9 Å². The summed E-state index contributed by atoms with van der Waals surface area (Å²) in [4.78, 5) is 16.4. The molecule has 0 spiro atoms. The van der Waals surface area contributed by atoms with Crippen molar-refractivity contribution in [1.82, 2.24) is 4.98 Å². The van der Waals surface area contributed by atoms with Gasteiger partial charge in [-0.15, -0.1) is 11.3 Å². The van der Waals surface area contributed by atoms with Crippen LogP contribution in [0.2, 0.25) is 15.1 Å². The Morgan fingerprint density at radius 3 is 2.54 bits per heavy atom. The Labute approximate surface area is 157 Å². The predicted octanol–water partition coefficient (Wildman–Crippen LogP) is 6.41. The van der Waals surface area contributed by atoms with E-state index in [9.17, 15) is 4.79 Å². The first-order valence-corrected chi connectivity index (χ1v) is 8.77. The van der Waals surface area contributed by atoms with Gasteiger partial charge in [0.05, 0.1) is 10.7 Å². The number of rotatable bonds is 3. The Morgan fingerprint density at radius 2 is 1.79 bits per heavy atom. The zero-order chi connectivity index (χ0) is 17.1. The highest BCUT2D eigenvalue weighted by atomic mass is 35.5. The third-order valence-electron chi connectivity index (χ3n) is 3.01. The molecule has 0 aliphatic heterocycles. The van der Waals surface area contributed by atoms with Gasteiger partial charge in [-0.25, -0.2) is 9.78 Å². The van der Waals surface area contributed by atoms with Gasteiger partial charge in [-0.05, 0) is 36.4 Å². The quantitative estimate of drug-likeness (QED) is 0.535. The van der Waals surface area contributed by atoms with Crippen LogP contribution in [0.1, 0.15) is 0 Å². The maximum Gasteiger partial charge on any atom is 0.325 e. The third kappa shape index (κ3) is 4.19. The van der Waals surface area contributed by atoms with Crippen molar-refractivity contribution in [3.63, 3.8) is 0 Å². The van der Waals surface area contributed by atoms with E-state index in [-0.39, 0.29) is 0 Å². The fourth-order valence-corrected chi connectivity index (χ4v) is 3.38. The van der Waals surface area contributed by atoms with Gasteiger partial charge >= 0.3 is 6.03 Å². The minimum atomic E-state index is -0.402. The van der Waals surface area contributed by atoms with E-state index in [1.165, 1.54) is 11.3 Å². The number of nitrogens with zero attached hydrogens (tertiary/aromatic N) is 1. The molecule has 0 atom stereocenters. The van der Waals surface area contributed by atoms with Crippen LogP contribution in [0.5, 0.6) is 0 Å². The first-order valence-electron chi connectivity index (χ1n) is 6.76. The highest BCUT2D eigenvalue weighted by Crippen LogP contribution is 2.32. The summed E-state index contributed by atoms with van der Waals surface area (Å²) in [6.07, 6.45) is 0. The second-order valence-electron chi connectivity index (χ2n) is 4.75. The normalized spacial score (nSPS) is 10.5. The third-order valence-corrected chi connectivity index (χ3v) is 4.55. The van der Waals surface area contributed by atoms with Crippen LogP contribution in [0.25, 0.3) is 11.3 Å². The number of nitrogens with one attached hydrogen (secondary N) is 2. The molecular formula is C16H10Cl3N3OS. The van der Waals surface area contributed by atoms with E-state index in [1.807, 2.05) is 5.38 Å². The van der Waals surface area contributed by atoms with E-state index in [4.69, 9.17) is 34.8 Å². The fourth-order valence-electron chi connectivity index (χ4n) is 1.98. The predicted molar refractivity (Wildman–Crippen MR) is 102 cm³/mol. The number of carbonyl (C=O) groups excluding carboxylic acids is 1. The van der Waals surface area contributed by atoms with Gasteiger partial charge in [0.25, 0.3) is 0 Å². The topological polar surface area (TPSA) is 54.0 Å². The lowest BCUT2D eigenvalue weighted by molar-refractivity contribution is 0.262. The summed E-state index contributed by atoms with van der Waals surface area (Å²) < 4.78 is 0. The Hall–Kier alpha value is -1.79. The molecule has 0 unspecified atom stereocenters. The van der Waals surface area contributed by atoms with Gasteiger partial charge in [0, 0.05) is 26.7 Å². The van der Waals surface area contributed by atoms with Gasteiger partial charge in [-0.2, -0.15) is 0 Å².